The minimum absolute atomic E-state index is 0.0235. The fraction of sp³-hybridized carbons (Fsp3) is 0.375. The molecule has 204 valence electrons. The lowest BCUT2D eigenvalue weighted by Crippen LogP contribution is -2.59. The fourth-order valence-electron chi connectivity index (χ4n) is 6.89. The van der Waals surface area contributed by atoms with E-state index in [1.165, 1.54) is 6.07 Å². The second kappa shape index (κ2) is 9.63. The van der Waals surface area contributed by atoms with Gasteiger partial charge in [0.15, 0.2) is 5.78 Å². The molecule has 2 saturated heterocycles. The van der Waals surface area contributed by atoms with Crippen molar-refractivity contribution in [1.82, 2.24) is 24.8 Å². The SMILES string of the molecule is CC(C)c1cnccc1-c1cc(F)ccc1-n1cc(C(=O)C2CN(C(=O)[C@H]3N[C@@H]4CC[C@H]3C4)C2)c2ccncc21. The number of hydrogen-bond donors (Lipinski definition) is 1. The Morgan fingerprint density at radius 1 is 1.02 bits per heavy atom. The molecule has 1 amide bonds. The Morgan fingerprint density at radius 3 is 2.58 bits per heavy atom. The highest BCUT2D eigenvalue weighted by molar-refractivity contribution is 6.10. The number of nitrogens with zero attached hydrogens (tertiary/aromatic N) is 4. The van der Waals surface area contributed by atoms with Crippen LogP contribution >= 0.6 is 0 Å². The predicted molar refractivity (Wildman–Crippen MR) is 151 cm³/mol. The van der Waals surface area contributed by atoms with Gasteiger partial charge >= 0.3 is 0 Å². The first-order chi connectivity index (χ1) is 19.4. The van der Waals surface area contributed by atoms with E-state index < -0.39 is 0 Å². The van der Waals surface area contributed by atoms with E-state index in [0.29, 0.717) is 30.6 Å². The van der Waals surface area contributed by atoms with Gasteiger partial charge in [0.1, 0.15) is 5.82 Å². The highest BCUT2D eigenvalue weighted by atomic mass is 19.1. The van der Waals surface area contributed by atoms with Crippen LogP contribution in [0.4, 0.5) is 4.39 Å². The van der Waals surface area contributed by atoms with Crippen LogP contribution in [0.15, 0.2) is 61.3 Å². The van der Waals surface area contributed by atoms with Gasteiger partial charge in [-0.25, -0.2) is 4.39 Å². The van der Waals surface area contributed by atoms with E-state index in [4.69, 9.17) is 0 Å². The number of aromatic nitrogens is 3. The molecule has 3 aromatic heterocycles. The van der Waals surface area contributed by atoms with Gasteiger partial charge in [-0.1, -0.05) is 13.8 Å². The number of amides is 1. The number of fused-ring (bicyclic) bond motifs is 3. The molecule has 1 aromatic carbocycles. The Hall–Kier alpha value is -3.91. The lowest BCUT2D eigenvalue weighted by Gasteiger charge is -2.41. The maximum atomic E-state index is 14.6. The maximum absolute atomic E-state index is 14.6. The molecule has 2 aliphatic heterocycles. The largest absolute Gasteiger partial charge is 0.340 e. The summed E-state index contributed by atoms with van der Waals surface area (Å²) in [6, 6.07) is 8.88. The third-order valence-electron chi connectivity index (χ3n) is 9.05. The van der Waals surface area contributed by atoms with Gasteiger partial charge in [0.2, 0.25) is 5.91 Å². The first kappa shape index (κ1) is 25.1. The number of piperidine rings is 1. The smallest absolute Gasteiger partial charge is 0.240 e. The molecule has 1 aliphatic carbocycles. The van der Waals surface area contributed by atoms with Crippen molar-refractivity contribution < 1.29 is 14.0 Å². The van der Waals surface area contributed by atoms with E-state index in [2.05, 4.69) is 29.1 Å². The normalized spacial score (nSPS) is 22.3. The lowest BCUT2D eigenvalue weighted by molar-refractivity contribution is -0.139. The molecule has 1 N–H and O–H groups in total. The molecular weight excluding hydrogens is 505 g/mol. The third-order valence-corrected chi connectivity index (χ3v) is 9.05. The summed E-state index contributed by atoms with van der Waals surface area (Å²) in [6.45, 7) is 5.07. The molecule has 1 saturated carbocycles. The average Bonchev–Trinajstić information content (AvgIpc) is 3.67. The van der Waals surface area contributed by atoms with Crippen LogP contribution in [0.2, 0.25) is 0 Å². The van der Waals surface area contributed by atoms with Gasteiger partial charge in [-0.2, -0.15) is 0 Å². The second-order valence-electron chi connectivity index (χ2n) is 11.8. The van der Waals surface area contributed by atoms with Crippen molar-refractivity contribution in [3.05, 3.63) is 78.3 Å². The van der Waals surface area contributed by atoms with Crippen LogP contribution in [-0.2, 0) is 4.79 Å². The molecule has 3 atom stereocenters. The van der Waals surface area contributed by atoms with Gasteiger partial charge in [-0.05, 0) is 72.6 Å². The summed E-state index contributed by atoms with van der Waals surface area (Å²) in [6.07, 6.45) is 12.2. The molecule has 3 aliphatic rings. The molecule has 40 heavy (non-hydrogen) atoms. The highest BCUT2D eigenvalue weighted by Crippen LogP contribution is 2.38. The number of benzene rings is 1. The van der Waals surface area contributed by atoms with Crippen molar-refractivity contribution in [3.8, 4) is 16.8 Å². The van der Waals surface area contributed by atoms with Crippen LogP contribution < -0.4 is 5.32 Å². The van der Waals surface area contributed by atoms with Gasteiger partial charge in [0, 0.05) is 60.4 Å². The van der Waals surface area contributed by atoms with E-state index in [1.54, 1.807) is 30.7 Å². The topological polar surface area (TPSA) is 80.1 Å². The summed E-state index contributed by atoms with van der Waals surface area (Å²) >= 11 is 0. The Labute approximate surface area is 232 Å². The summed E-state index contributed by atoms with van der Waals surface area (Å²) in [5, 5.41) is 4.28. The Kier molecular flexibility index (Phi) is 6.04. The number of likely N-dealkylation sites (tertiary alicyclic amines) is 1. The van der Waals surface area contributed by atoms with E-state index in [9.17, 15) is 14.0 Å². The molecule has 7 nitrogen and oxygen atoms in total. The zero-order valence-corrected chi connectivity index (χ0v) is 22.7. The second-order valence-corrected chi connectivity index (χ2v) is 11.8. The number of carbonyl (C=O) groups is 2. The molecule has 7 rings (SSSR count). The number of pyridine rings is 2. The highest BCUT2D eigenvalue weighted by Gasteiger charge is 2.47. The summed E-state index contributed by atoms with van der Waals surface area (Å²) < 4.78 is 16.6. The van der Waals surface area contributed by atoms with Gasteiger partial charge in [0.25, 0.3) is 0 Å². The standard InChI is InChI=1S/C32H32FN5O2/c1-18(2)26-13-34-9-7-23(26)25-12-21(33)4-6-28(25)38-17-27(24-8-10-35-14-29(24)38)31(39)20-15-37(16-20)32(40)30-19-3-5-22(11-19)36-30/h4,6-10,12-14,17-20,22,30,36H,3,5,11,15-16H2,1-2H3/t19-,22+,30-/m0/s1. The van der Waals surface area contributed by atoms with Crippen molar-refractivity contribution >= 4 is 22.6 Å². The Balaban J connectivity index is 1.22. The van der Waals surface area contributed by atoms with Crippen LogP contribution in [0.1, 0.15) is 54.9 Å². The predicted octanol–water partition coefficient (Wildman–Crippen LogP) is 5.13. The summed E-state index contributed by atoms with van der Waals surface area (Å²) in [7, 11) is 0. The average molecular weight is 538 g/mol. The van der Waals surface area contributed by atoms with Crippen molar-refractivity contribution in [2.24, 2.45) is 11.8 Å². The first-order valence-electron chi connectivity index (χ1n) is 14.2. The minimum atomic E-state index is -0.333. The van der Waals surface area contributed by atoms with Crippen LogP contribution in [0.3, 0.4) is 0 Å². The van der Waals surface area contributed by atoms with E-state index in [-0.39, 0.29) is 35.4 Å². The zero-order chi connectivity index (χ0) is 27.5. The van der Waals surface area contributed by atoms with Crippen molar-refractivity contribution in [2.75, 3.05) is 13.1 Å². The third kappa shape index (κ3) is 4.04. The van der Waals surface area contributed by atoms with Crippen LogP contribution in [0.5, 0.6) is 0 Å². The lowest BCUT2D eigenvalue weighted by atomic mass is 9.89. The summed E-state index contributed by atoms with van der Waals surface area (Å²) in [5.41, 5.74) is 4.79. The number of Topliss-reactive ketones (excluding diaryl/α,β-unsaturated/α-hetero) is 1. The van der Waals surface area contributed by atoms with Crippen LogP contribution in [-0.4, -0.2) is 56.3 Å². The van der Waals surface area contributed by atoms with E-state index in [1.807, 2.05) is 34.0 Å². The molecule has 0 spiro atoms. The number of ketones is 1. The van der Waals surface area contributed by atoms with Gasteiger partial charge in [-0.15, -0.1) is 0 Å². The molecule has 0 radical (unpaired) electrons. The Bertz CT molecular complexity index is 1640. The quantitative estimate of drug-likeness (QED) is 0.345. The molecule has 8 heteroatoms. The number of halogens is 1. The zero-order valence-electron chi connectivity index (χ0n) is 22.7. The molecule has 5 heterocycles. The molecule has 3 fully saturated rings. The van der Waals surface area contributed by atoms with Crippen molar-refractivity contribution in [1.29, 1.82) is 0 Å². The van der Waals surface area contributed by atoms with Gasteiger partial charge in [0.05, 0.1) is 29.4 Å². The first-order valence-corrected chi connectivity index (χ1v) is 14.2. The molecular formula is C32H32FN5O2. The summed E-state index contributed by atoms with van der Waals surface area (Å²) in [4.78, 5) is 37.4. The molecule has 4 aromatic rings. The van der Waals surface area contributed by atoms with Crippen molar-refractivity contribution in [3.63, 3.8) is 0 Å². The van der Waals surface area contributed by atoms with Crippen molar-refractivity contribution in [2.45, 2.75) is 51.1 Å². The number of carbonyl (C=O) groups excluding carboxylic acids is 2. The number of rotatable bonds is 6. The molecule has 2 bridgehead atoms. The fourth-order valence-corrected chi connectivity index (χ4v) is 6.89. The number of nitrogens with one attached hydrogen (secondary N) is 1. The minimum Gasteiger partial charge on any atom is -0.340 e. The maximum Gasteiger partial charge on any atom is 0.240 e. The van der Waals surface area contributed by atoms with Gasteiger partial charge < -0.3 is 14.8 Å². The van der Waals surface area contributed by atoms with Crippen LogP contribution in [0, 0.1) is 17.7 Å². The molecule has 0 unspecified atom stereocenters. The number of hydrogen-bond acceptors (Lipinski definition) is 5. The van der Waals surface area contributed by atoms with Crippen LogP contribution in [0.25, 0.3) is 27.7 Å². The van der Waals surface area contributed by atoms with E-state index in [0.717, 1.165) is 52.5 Å². The summed E-state index contributed by atoms with van der Waals surface area (Å²) in [5.74, 6) is 0.209. The van der Waals surface area contributed by atoms with E-state index >= 15 is 0 Å². The van der Waals surface area contributed by atoms with Gasteiger partial charge in [-0.3, -0.25) is 19.6 Å². The monoisotopic (exact) mass is 537 g/mol. The Morgan fingerprint density at radius 2 is 1.82 bits per heavy atom.